The van der Waals surface area contributed by atoms with Crippen LogP contribution in [0.15, 0.2) is 36.9 Å². The van der Waals surface area contributed by atoms with Gasteiger partial charge in [-0.15, -0.1) is 12.4 Å². The van der Waals surface area contributed by atoms with Crippen molar-refractivity contribution in [1.29, 1.82) is 0 Å². The molecule has 2 aromatic heterocycles. The number of hydrogen-bond donors (Lipinski definition) is 2. The van der Waals surface area contributed by atoms with E-state index in [1.165, 1.54) is 11.6 Å². The fourth-order valence-corrected chi connectivity index (χ4v) is 3.63. The quantitative estimate of drug-likeness (QED) is 0.700. The molecule has 0 radical (unpaired) electrons. The summed E-state index contributed by atoms with van der Waals surface area (Å²) in [5.74, 6) is 0.652. The Balaban J connectivity index is 0.00000210. The first-order valence-corrected chi connectivity index (χ1v) is 8.99. The number of anilines is 2. The first-order chi connectivity index (χ1) is 12.7. The molecule has 0 atom stereocenters. The molecule has 4 rings (SSSR count). The molecule has 27 heavy (non-hydrogen) atoms. The normalized spacial score (nSPS) is 15.1. The van der Waals surface area contributed by atoms with Gasteiger partial charge in [-0.3, -0.25) is 4.90 Å². The molecule has 0 saturated carbocycles. The van der Waals surface area contributed by atoms with E-state index >= 15 is 0 Å². The minimum atomic E-state index is -0.182. The summed E-state index contributed by atoms with van der Waals surface area (Å²) in [6.45, 7) is 4.85. The van der Waals surface area contributed by atoms with Gasteiger partial charge in [0.25, 0.3) is 0 Å². The van der Waals surface area contributed by atoms with E-state index in [1.54, 1.807) is 24.7 Å². The molecule has 0 bridgehead atoms. The van der Waals surface area contributed by atoms with Crippen LogP contribution in [0.3, 0.4) is 0 Å². The smallest absolute Gasteiger partial charge is 0.155 e. The van der Waals surface area contributed by atoms with Crippen LogP contribution in [0.1, 0.15) is 12.0 Å². The number of aromatic nitrogens is 3. The number of rotatable bonds is 5. The fraction of sp³-hybridized carbons (Fsp3) is 0.368. The number of H-pyrrole nitrogens is 1. The second kappa shape index (κ2) is 8.54. The van der Waals surface area contributed by atoms with Crippen molar-refractivity contribution in [3.05, 3.63) is 48.3 Å². The number of aromatic amines is 1. The minimum absolute atomic E-state index is 0. The number of halogens is 2. The summed E-state index contributed by atoms with van der Waals surface area (Å²) in [6.07, 6.45) is 7.20. The largest absolute Gasteiger partial charge is 0.394 e. The second-order valence-corrected chi connectivity index (χ2v) is 6.74. The summed E-state index contributed by atoms with van der Waals surface area (Å²) in [5.41, 5.74) is 8.78. The molecule has 0 aliphatic carbocycles. The molecule has 3 heterocycles. The topological polar surface area (TPSA) is 74.1 Å². The van der Waals surface area contributed by atoms with Gasteiger partial charge in [0.2, 0.25) is 0 Å². The van der Waals surface area contributed by atoms with Crippen LogP contribution in [0, 0.1) is 5.82 Å². The Bertz CT molecular complexity index is 891. The highest BCUT2D eigenvalue weighted by Crippen LogP contribution is 2.22. The summed E-state index contributed by atoms with van der Waals surface area (Å²) >= 11 is 0. The molecule has 1 aliphatic heterocycles. The summed E-state index contributed by atoms with van der Waals surface area (Å²) in [5, 5.41) is 0.994. The van der Waals surface area contributed by atoms with E-state index in [0.717, 1.165) is 62.3 Å². The third kappa shape index (κ3) is 4.31. The minimum Gasteiger partial charge on any atom is -0.394 e. The van der Waals surface area contributed by atoms with Crippen LogP contribution in [0.2, 0.25) is 0 Å². The third-order valence-corrected chi connectivity index (χ3v) is 5.04. The zero-order valence-corrected chi connectivity index (χ0v) is 15.9. The lowest BCUT2D eigenvalue weighted by Gasteiger charge is -2.35. The number of nitrogens with two attached hydrogens (primary N) is 1. The van der Waals surface area contributed by atoms with Gasteiger partial charge in [0, 0.05) is 43.3 Å². The van der Waals surface area contributed by atoms with Crippen molar-refractivity contribution in [2.75, 3.05) is 43.4 Å². The Kier molecular flexibility index (Phi) is 6.13. The molecule has 1 fully saturated rings. The first kappa shape index (κ1) is 19.4. The Morgan fingerprint density at radius 2 is 2.00 bits per heavy atom. The van der Waals surface area contributed by atoms with Gasteiger partial charge >= 0.3 is 0 Å². The number of hydrogen-bond acceptors (Lipinski definition) is 5. The molecule has 6 nitrogen and oxygen atoms in total. The summed E-state index contributed by atoms with van der Waals surface area (Å²) in [4.78, 5) is 16.1. The predicted molar refractivity (Wildman–Crippen MR) is 109 cm³/mol. The van der Waals surface area contributed by atoms with E-state index in [0.29, 0.717) is 5.69 Å². The van der Waals surface area contributed by atoms with E-state index in [2.05, 4.69) is 24.8 Å². The van der Waals surface area contributed by atoms with Gasteiger partial charge in [0.15, 0.2) is 5.82 Å². The van der Waals surface area contributed by atoms with Crippen LogP contribution < -0.4 is 10.6 Å². The molecule has 8 heteroatoms. The number of aryl methyl sites for hydroxylation is 1. The summed E-state index contributed by atoms with van der Waals surface area (Å²) in [6, 6.07) is 4.91. The second-order valence-electron chi connectivity index (χ2n) is 6.74. The highest BCUT2D eigenvalue weighted by Gasteiger charge is 2.19. The number of nitrogens with one attached hydrogen (secondary N) is 1. The van der Waals surface area contributed by atoms with Crippen LogP contribution in [0.4, 0.5) is 15.9 Å². The van der Waals surface area contributed by atoms with E-state index in [4.69, 9.17) is 5.73 Å². The lowest BCUT2D eigenvalue weighted by Crippen LogP contribution is -2.47. The van der Waals surface area contributed by atoms with Gasteiger partial charge in [-0.1, -0.05) is 0 Å². The maximum absolute atomic E-state index is 13.5. The van der Waals surface area contributed by atoms with Crippen molar-refractivity contribution in [2.45, 2.75) is 12.8 Å². The number of fused-ring (bicyclic) bond motifs is 1. The molecule has 144 valence electrons. The number of nitrogens with zero attached hydrogens (tertiary/aromatic N) is 4. The lowest BCUT2D eigenvalue weighted by molar-refractivity contribution is 0.254. The first-order valence-electron chi connectivity index (χ1n) is 8.99. The van der Waals surface area contributed by atoms with Crippen LogP contribution in [0.5, 0.6) is 0 Å². The van der Waals surface area contributed by atoms with E-state index in [1.807, 2.05) is 6.20 Å². The van der Waals surface area contributed by atoms with Gasteiger partial charge in [-0.25, -0.2) is 14.4 Å². The Morgan fingerprint density at radius 1 is 1.19 bits per heavy atom. The van der Waals surface area contributed by atoms with E-state index < -0.39 is 0 Å². The molecule has 0 amide bonds. The van der Waals surface area contributed by atoms with Crippen molar-refractivity contribution >= 4 is 34.8 Å². The van der Waals surface area contributed by atoms with Crippen LogP contribution in [-0.4, -0.2) is 52.6 Å². The van der Waals surface area contributed by atoms with Crippen molar-refractivity contribution in [3.63, 3.8) is 0 Å². The zero-order valence-electron chi connectivity index (χ0n) is 15.1. The molecular formula is C19H24ClFN6. The predicted octanol–water partition coefficient (Wildman–Crippen LogP) is 2.86. The van der Waals surface area contributed by atoms with Crippen molar-refractivity contribution < 1.29 is 4.39 Å². The van der Waals surface area contributed by atoms with Gasteiger partial charge < -0.3 is 15.6 Å². The fourth-order valence-electron chi connectivity index (χ4n) is 3.63. The van der Waals surface area contributed by atoms with Gasteiger partial charge in [0.1, 0.15) is 12.1 Å². The molecular weight excluding hydrogens is 367 g/mol. The van der Waals surface area contributed by atoms with Gasteiger partial charge in [-0.05, 0) is 43.1 Å². The summed E-state index contributed by atoms with van der Waals surface area (Å²) in [7, 11) is 0. The maximum Gasteiger partial charge on any atom is 0.155 e. The maximum atomic E-state index is 13.5. The monoisotopic (exact) mass is 390 g/mol. The van der Waals surface area contributed by atoms with Crippen molar-refractivity contribution in [3.8, 4) is 0 Å². The molecule has 1 aliphatic rings. The van der Waals surface area contributed by atoms with Crippen LogP contribution in [-0.2, 0) is 6.42 Å². The molecule has 3 N–H and O–H groups in total. The SMILES string of the molecule is Cl.Nc1cncnc1N1CCN(CCCc2c[nH]c3ccc(F)cc23)CC1. The molecule has 0 spiro atoms. The number of piperazine rings is 1. The van der Waals surface area contributed by atoms with E-state index in [-0.39, 0.29) is 18.2 Å². The van der Waals surface area contributed by atoms with Crippen molar-refractivity contribution in [1.82, 2.24) is 19.9 Å². The molecule has 3 aromatic rings. The standard InChI is InChI=1S/C19H23FN6.ClH/c20-15-3-4-18-16(10-15)14(11-23-18)2-1-5-25-6-8-26(9-7-25)19-17(21)12-22-13-24-19;/h3-4,10-13,23H,1-2,5-9,21H2;1H. The number of benzene rings is 1. The van der Waals surface area contributed by atoms with Gasteiger partial charge in [0.05, 0.1) is 11.9 Å². The van der Waals surface area contributed by atoms with Crippen LogP contribution in [0.25, 0.3) is 10.9 Å². The molecule has 1 aromatic carbocycles. The lowest BCUT2D eigenvalue weighted by atomic mass is 10.1. The van der Waals surface area contributed by atoms with E-state index in [9.17, 15) is 4.39 Å². The van der Waals surface area contributed by atoms with Crippen molar-refractivity contribution in [2.24, 2.45) is 0 Å². The Labute approximate surface area is 164 Å². The summed E-state index contributed by atoms with van der Waals surface area (Å²) < 4.78 is 13.5. The average molecular weight is 391 g/mol. The molecule has 0 unspecified atom stereocenters. The average Bonchev–Trinajstić information content (AvgIpc) is 3.05. The number of nitrogen functional groups attached to an aromatic ring is 1. The Hall–Kier alpha value is -2.38. The zero-order chi connectivity index (χ0) is 17.9. The van der Waals surface area contributed by atoms with Crippen LogP contribution >= 0.6 is 12.4 Å². The highest BCUT2D eigenvalue weighted by atomic mass is 35.5. The Morgan fingerprint density at radius 3 is 2.78 bits per heavy atom. The highest BCUT2D eigenvalue weighted by molar-refractivity contribution is 5.85. The third-order valence-electron chi connectivity index (χ3n) is 5.04. The van der Waals surface area contributed by atoms with Gasteiger partial charge in [-0.2, -0.15) is 0 Å². The molecule has 1 saturated heterocycles.